The number of halogens is 2. The zero-order valence-corrected chi connectivity index (χ0v) is 24.0. The number of fused-ring (bicyclic) bond motifs is 1. The van der Waals surface area contributed by atoms with Crippen molar-refractivity contribution in [3.05, 3.63) is 106 Å². The van der Waals surface area contributed by atoms with Gasteiger partial charge < -0.3 is 5.32 Å². The normalized spacial score (nSPS) is 15.5. The molecule has 4 aromatic rings. The van der Waals surface area contributed by atoms with Gasteiger partial charge in [0.1, 0.15) is 18.2 Å². The van der Waals surface area contributed by atoms with Gasteiger partial charge in [-0.25, -0.2) is 9.07 Å². The van der Waals surface area contributed by atoms with Crippen molar-refractivity contribution in [2.45, 2.75) is 38.0 Å². The molecule has 1 atom stereocenters. The van der Waals surface area contributed by atoms with Crippen LogP contribution in [0.1, 0.15) is 48.5 Å². The van der Waals surface area contributed by atoms with Gasteiger partial charge in [0.15, 0.2) is 0 Å². The van der Waals surface area contributed by atoms with Gasteiger partial charge in [-0.1, -0.05) is 62.7 Å². The first-order valence-electron chi connectivity index (χ1n) is 12.9. The number of hydrogen-bond acceptors (Lipinski definition) is 5. The molecule has 2 amide bonds. The monoisotopic (exact) mass is 577 g/mol. The third-order valence-corrected chi connectivity index (χ3v) is 8.01. The lowest BCUT2D eigenvalue weighted by Gasteiger charge is -2.24. The van der Waals surface area contributed by atoms with E-state index < -0.39 is 10.7 Å². The number of carbonyl (C=O) groups excluding carboxylic acids is 2. The van der Waals surface area contributed by atoms with Crippen molar-refractivity contribution in [2.24, 2.45) is 0 Å². The molecule has 0 radical (unpaired) electrons. The van der Waals surface area contributed by atoms with Crippen LogP contribution >= 0.6 is 23.4 Å². The highest BCUT2D eigenvalue weighted by molar-refractivity contribution is 8.00. The van der Waals surface area contributed by atoms with E-state index in [1.165, 1.54) is 22.7 Å². The summed E-state index contributed by atoms with van der Waals surface area (Å²) in [6.07, 6.45) is 1.66. The van der Waals surface area contributed by atoms with Crippen molar-refractivity contribution in [1.82, 2.24) is 20.1 Å². The summed E-state index contributed by atoms with van der Waals surface area (Å²) >= 11 is 7.69. The predicted octanol–water partition coefficient (Wildman–Crippen LogP) is 5.84. The third kappa shape index (κ3) is 5.76. The molecule has 1 N–H and O–H groups in total. The molecular formula is C30H29ClFN5O2S. The molecule has 1 aliphatic heterocycles. The number of carbonyl (C=O) groups is 2. The van der Waals surface area contributed by atoms with Crippen LogP contribution in [0, 0.1) is 5.82 Å². The summed E-state index contributed by atoms with van der Waals surface area (Å²) in [5.41, 5.74) is 2.73. The van der Waals surface area contributed by atoms with Gasteiger partial charge in [-0.15, -0.1) is 11.8 Å². The maximum Gasteiger partial charge on any atom is 0.240 e. The Morgan fingerprint density at radius 3 is 2.60 bits per heavy atom. The Bertz CT molecular complexity index is 1550. The van der Waals surface area contributed by atoms with E-state index >= 15 is 4.39 Å². The fourth-order valence-electron chi connectivity index (χ4n) is 4.69. The van der Waals surface area contributed by atoms with E-state index in [1.54, 1.807) is 53.3 Å². The number of aromatic nitrogens is 3. The first-order chi connectivity index (χ1) is 19.1. The van der Waals surface area contributed by atoms with E-state index in [9.17, 15) is 9.59 Å². The lowest BCUT2D eigenvalue weighted by molar-refractivity contribution is -0.123. The molecule has 0 aliphatic carbocycles. The van der Waals surface area contributed by atoms with Crippen LogP contribution < -0.4 is 10.2 Å². The van der Waals surface area contributed by atoms with Crippen molar-refractivity contribution in [3.63, 3.8) is 0 Å². The van der Waals surface area contributed by atoms with Crippen LogP contribution in [-0.4, -0.2) is 38.9 Å². The fraction of sp³-hybridized carbons (Fsp3) is 0.267. The number of hydrogen-bond donors (Lipinski definition) is 1. The molecule has 0 saturated heterocycles. The molecule has 0 fully saturated rings. The molecule has 2 aromatic heterocycles. The molecular weight excluding hydrogens is 549 g/mol. The molecule has 0 unspecified atom stereocenters. The van der Waals surface area contributed by atoms with Crippen molar-refractivity contribution >= 4 is 41.0 Å². The van der Waals surface area contributed by atoms with E-state index in [0.29, 0.717) is 39.0 Å². The predicted molar refractivity (Wildman–Crippen MR) is 156 cm³/mol. The van der Waals surface area contributed by atoms with Crippen LogP contribution in [0.15, 0.2) is 72.9 Å². The lowest BCUT2D eigenvalue weighted by Crippen LogP contribution is -2.42. The van der Waals surface area contributed by atoms with E-state index in [1.807, 2.05) is 39.0 Å². The maximum absolute atomic E-state index is 15.3. The lowest BCUT2D eigenvalue weighted by atomic mass is 9.87. The van der Waals surface area contributed by atoms with E-state index in [4.69, 9.17) is 16.7 Å². The van der Waals surface area contributed by atoms with Crippen LogP contribution in [0.3, 0.4) is 0 Å². The summed E-state index contributed by atoms with van der Waals surface area (Å²) in [6.45, 7) is 6.06. The average molecular weight is 578 g/mol. The number of pyridine rings is 1. The summed E-state index contributed by atoms with van der Waals surface area (Å²) in [5.74, 6) is -0.503. The molecule has 7 nitrogen and oxygen atoms in total. The quantitative estimate of drug-likeness (QED) is 0.311. The van der Waals surface area contributed by atoms with Crippen LogP contribution in [-0.2, 0) is 21.5 Å². The summed E-state index contributed by atoms with van der Waals surface area (Å²) in [6, 6.07) is 19.2. The summed E-state index contributed by atoms with van der Waals surface area (Å²) < 4.78 is 16.9. The second-order valence-corrected chi connectivity index (χ2v) is 12.0. The van der Waals surface area contributed by atoms with Crippen molar-refractivity contribution in [2.75, 3.05) is 17.2 Å². The molecule has 1 aliphatic rings. The van der Waals surface area contributed by atoms with Gasteiger partial charge in [-0.05, 0) is 36.4 Å². The molecule has 2 aromatic carbocycles. The number of anilines is 1. The smallest absolute Gasteiger partial charge is 0.240 e. The SMILES string of the molecule is CC(C)(C)c1nn(-c2cccc(Cl)c2)c2c1[C@@H](c1ccccc1F)SCC(=O)N2CC(=O)NCc1ccccn1. The van der Waals surface area contributed by atoms with Crippen molar-refractivity contribution in [3.8, 4) is 5.69 Å². The fourth-order valence-corrected chi connectivity index (χ4v) is 6.09. The standard InChI is InChI=1S/C30H29ClFN5O2S/c1-30(2,3)28-26-27(22-12-4-5-13-23(22)32)40-18-25(39)36(17-24(38)34-16-20-10-6-7-14-33-20)29(26)37(35-28)21-11-8-9-19(31)15-21/h4-15,27H,16-18H2,1-3H3,(H,34,38)/t27-/m1/s1. The highest BCUT2D eigenvalue weighted by Crippen LogP contribution is 2.48. The Morgan fingerprint density at radius 2 is 1.90 bits per heavy atom. The van der Waals surface area contributed by atoms with Crippen molar-refractivity contribution in [1.29, 1.82) is 0 Å². The van der Waals surface area contributed by atoms with E-state index in [2.05, 4.69) is 10.3 Å². The molecule has 10 heteroatoms. The van der Waals surface area contributed by atoms with E-state index in [0.717, 1.165) is 0 Å². The second-order valence-electron chi connectivity index (χ2n) is 10.5. The number of nitrogens with one attached hydrogen (secondary N) is 1. The minimum Gasteiger partial charge on any atom is -0.349 e. The molecule has 0 bridgehead atoms. The Labute approximate surface area is 241 Å². The maximum atomic E-state index is 15.3. The van der Waals surface area contributed by atoms with E-state index in [-0.39, 0.29) is 36.5 Å². The van der Waals surface area contributed by atoms with Gasteiger partial charge in [0.2, 0.25) is 11.8 Å². The molecule has 5 rings (SSSR count). The number of thioether (sulfide) groups is 1. The molecule has 0 saturated carbocycles. The second kappa shape index (κ2) is 11.4. The Morgan fingerprint density at radius 1 is 1.12 bits per heavy atom. The zero-order chi connectivity index (χ0) is 28.4. The number of amides is 2. The zero-order valence-electron chi connectivity index (χ0n) is 22.4. The number of rotatable bonds is 6. The first-order valence-corrected chi connectivity index (χ1v) is 14.3. The van der Waals surface area contributed by atoms with Crippen LogP contribution in [0.25, 0.3) is 5.69 Å². The number of nitrogens with zero attached hydrogens (tertiary/aromatic N) is 4. The average Bonchev–Trinajstić information content (AvgIpc) is 3.27. The Balaban J connectivity index is 1.67. The summed E-state index contributed by atoms with van der Waals surface area (Å²) in [7, 11) is 0. The highest BCUT2D eigenvalue weighted by Gasteiger charge is 2.40. The molecule has 3 heterocycles. The topological polar surface area (TPSA) is 80.1 Å². The van der Waals surface area contributed by atoms with Crippen LogP contribution in [0.5, 0.6) is 0 Å². The van der Waals surface area contributed by atoms with Gasteiger partial charge >= 0.3 is 0 Å². The Kier molecular flexibility index (Phi) is 7.96. The first kappa shape index (κ1) is 27.9. The van der Waals surface area contributed by atoms with Gasteiger partial charge in [0, 0.05) is 27.8 Å². The van der Waals surface area contributed by atoms with Crippen molar-refractivity contribution < 1.29 is 14.0 Å². The minimum atomic E-state index is -0.524. The van der Waals surface area contributed by atoms with Gasteiger partial charge in [-0.2, -0.15) is 5.10 Å². The molecule has 0 spiro atoms. The van der Waals surface area contributed by atoms with Crippen LogP contribution in [0.4, 0.5) is 10.2 Å². The Hall–Kier alpha value is -3.69. The van der Waals surface area contributed by atoms with Gasteiger partial charge in [0.05, 0.1) is 34.6 Å². The largest absolute Gasteiger partial charge is 0.349 e. The summed E-state index contributed by atoms with van der Waals surface area (Å²) in [4.78, 5) is 32.6. The van der Waals surface area contributed by atoms with Gasteiger partial charge in [0.25, 0.3) is 0 Å². The third-order valence-electron chi connectivity index (χ3n) is 6.53. The highest BCUT2D eigenvalue weighted by atomic mass is 35.5. The number of benzene rings is 2. The van der Waals surface area contributed by atoms with Crippen LogP contribution in [0.2, 0.25) is 5.02 Å². The summed E-state index contributed by atoms with van der Waals surface area (Å²) in [5, 5.41) is 7.83. The van der Waals surface area contributed by atoms with Gasteiger partial charge in [-0.3, -0.25) is 19.5 Å². The minimum absolute atomic E-state index is 0.0559. The molecule has 206 valence electrons. The molecule has 40 heavy (non-hydrogen) atoms.